The summed E-state index contributed by atoms with van der Waals surface area (Å²) in [6.07, 6.45) is 1.88. The summed E-state index contributed by atoms with van der Waals surface area (Å²) in [5, 5.41) is 19.5. The topological polar surface area (TPSA) is 61.0 Å². The van der Waals surface area contributed by atoms with E-state index in [0.717, 1.165) is 22.4 Å². The number of hydrogen-bond donors (Lipinski definition) is 0. The van der Waals surface area contributed by atoms with Crippen molar-refractivity contribution in [2.45, 2.75) is 0 Å². The van der Waals surface area contributed by atoms with Crippen LogP contribution < -0.4 is 0 Å². The van der Waals surface area contributed by atoms with Crippen molar-refractivity contribution in [3.8, 4) is 28.1 Å². The van der Waals surface area contributed by atoms with E-state index in [0.29, 0.717) is 5.69 Å². The number of aromatic nitrogens is 2. The SMILES string of the molecule is O=[N+]([O-])c1ccc(-n2cc(-c3ccsc3)c(-c3ccc(F)cc3)n2)cc1. The van der Waals surface area contributed by atoms with Gasteiger partial charge in [-0.05, 0) is 58.8 Å². The maximum Gasteiger partial charge on any atom is 0.269 e. The Morgan fingerprint density at radius 1 is 1.00 bits per heavy atom. The highest BCUT2D eigenvalue weighted by atomic mass is 32.1. The molecule has 7 heteroatoms. The zero-order chi connectivity index (χ0) is 18.1. The summed E-state index contributed by atoms with van der Waals surface area (Å²) in [6.45, 7) is 0. The fraction of sp³-hybridized carbons (Fsp3) is 0. The molecule has 0 saturated carbocycles. The van der Waals surface area contributed by atoms with Gasteiger partial charge in [0.05, 0.1) is 10.6 Å². The van der Waals surface area contributed by atoms with Crippen LogP contribution in [0.1, 0.15) is 0 Å². The summed E-state index contributed by atoms with van der Waals surface area (Å²) in [4.78, 5) is 10.4. The molecule has 0 spiro atoms. The zero-order valence-corrected chi connectivity index (χ0v) is 14.2. The van der Waals surface area contributed by atoms with Crippen molar-refractivity contribution in [1.29, 1.82) is 0 Å². The molecular weight excluding hydrogens is 353 g/mol. The normalized spacial score (nSPS) is 10.8. The van der Waals surface area contributed by atoms with Crippen molar-refractivity contribution in [3.63, 3.8) is 0 Å². The summed E-state index contributed by atoms with van der Waals surface area (Å²) in [7, 11) is 0. The molecule has 5 nitrogen and oxygen atoms in total. The van der Waals surface area contributed by atoms with Crippen molar-refractivity contribution < 1.29 is 9.31 Å². The van der Waals surface area contributed by atoms with E-state index in [1.807, 2.05) is 23.0 Å². The van der Waals surface area contributed by atoms with Gasteiger partial charge in [-0.1, -0.05) is 0 Å². The number of halogens is 1. The highest BCUT2D eigenvalue weighted by molar-refractivity contribution is 7.08. The summed E-state index contributed by atoms with van der Waals surface area (Å²) in [5.74, 6) is -0.305. The predicted molar refractivity (Wildman–Crippen MR) is 98.9 cm³/mol. The van der Waals surface area contributed by atoms with Crippen molar-refractivity contribution in [3.05, 3.63) is 87.5 Å². The molecule has 0 radical (unpaired) electrons. The lowest BCUT2D eigenvalue weighted by Crippen LogP contribution is -1.95. The summed E-state index contributed by atoms with van der Waals surface area (Å²) in [5.41, 5.74) is 4.19. The minimum absolute atomic E-state index is 0.0257. The molecule has 0 aliphatic rings. The molecule has 4 rings (SSSR count). The molecule has 0 bridgehead atoms. The van der Waals surface area contributed by atoms with Crippen LogP contribution in [-0.2, 0) is 0 Å². The Labute approximate surface area is 152 Å². The number of nitro benzene ring substituents is 1. The van der Waals surface area contributed by atoms with Crippen LogP contribution in [0.25, 0.3) is 28.1 Å². The zero-order valence-electron chi connectivity index (χ0n) is 13.4. The van der Waals surface area contributed by atoms with Gasteiger partial charge in [-0.3, -0.25) is 10.1 Å². The standard InChI is InChI=1S/C19H12FN3O2S/c20-15-3-1-13(2-4-15)19-18(14-9-10-26-12-14)11-22(21-19)16-5-7-17(8-6-16)23(24)25/h1-12H. The van der Waals surface area contributed by atoms with E-state index < -0.39 is 4.92 Å². The number of thiophene rings is 1. The van der Waals surface area contributed by atoms with E-state index in [1.165, 1.54) is 24.3 Å². The minimum atomic E-state index is -0.437. The second-order valence-electron chi connectivity index (χ2n) is 5.63. The van der Waals surface area contributed by atoms with E-state index in [4.69, 9.17) is 0 Å². The maximum atomic E-state index is 13.3. The average molecular weight is 365 g/mol. The highest BCUT2D eigenvalue weighted by Crippen LogP contribution is 2.33. The molecule has 0 atom stereocenters. The van der Waals surface area contributed by atoms with Gasteiger partial charge in [0.1, 0.15) is 11.5 Å². The first-order valence-electron chi connectivity index (χ1n) is 7.75. The molecular formula is C19H12FN3O2S. The van der Waals surface area contributed by atoms with Gasteiger partial charge in [0.2, 0.25) is 0 Å². The summed E-state index contributed by atoms with van der Waals surface area (Å²) in [6, 6.07) is 14.4. The Balaban J connectivity index is 1.83. The van der Waals surface area contributed by atoms with Crippen LogP contribution in [0.2, 0.25) is 0 Å². The van der Waals surface area contributed by atoms with E-state index in [2.05, 4.69) is 5.10 Å². The molecule has 0 N–H and O–H groups in total. The number of non-ortho nitro benzene ring substituents is 1. The lowest BCUT2D eigenvalue weighted by molar-refractivity contribution is -0.384. The lowest BCUT2D eigenvalue weighted by Gasteiger charge is -2.01. The van der Waals surface area contributed by atoms with Crippen LogP contribution >= 0.6 is 11.3 Å². The molecule has 0 aliphatic heterocycles. The molecule has 0 amide bonds. The van der Waals surface area contributed by atoms with Crippen LogP contribution in [0, 0.1) is 15.9 Å². The Hall–Kier alpha value is -3.32. The van der Waals surface area contributed by atoms with Crippen molar-refractivity contribution >= 4 is 17.0 Å². The van der Waals surface area contributed by atoms with E-state index >= 15 is 0 Å². The lowest BCUT2D eigenvalue weighted by atomic mass is 10.0. The highest BCUT2D eigenvalue weighted by Gasteiger charge is 2.15. The average Bonchev–Trinajstić information content (AvgIpc) is 3.32. The van der Waals surface area contributed by atoms with Crippen molar-refractivity contribution in [2.24, 2.45) is 0 Å². The number of hydrogen-bond acceptors (Lipinski definition) is 4. The van der Waals surface area contributed by atoms with Gasteiger partial charge in [-0.25, -0.2) is 9.07 Å². The van der Waals surface area contributed by atoms with Crippen LogP contribution in [0.5, 0.6) is 0 Å². The molecule has 0 aliphatic carbocycles. The smallest absolute Gasteiger partial charge is 0.258 e. The van der Waals surface area contributed by atoms with Gasteiger partial charge in [0.25, 0.3) is 5.69 Å². The fourth-order valence-corrected chi connectivity index (χ4v) is 3.34. The van der Waals surface area contributed by atoms with Crippen LogP contribution in [-0.4, -0.2) is 14.7 Å². The van der Waals surface area contributed by atoms with Gasteiger partial charge in [0, 0.05) is 29.5 Å². The largest absolute Gasteiger partial charge is 0.269 e. The second kappa shape index (κ2) is 6.53. The molecule has 2 aromatic carbocycles. The molecule has 0 unspecified atom stereocenters. The molecule has 2 aromatic heterocycles. The summed E-state index contributed by atoms with van der Waals surface area (Å²) < 4.78 is 14.9. The quantitative estimate of drug-likeness (QED) is 0.363. The first kappa shape index (κ1) is 16.2. The molecule has 0 fully saturated rings. The fourth-order valence-electron chi connectivity index (χ4n) is 2.68. The molecule has 4 aromatic rings. The van der Waals surface area contributed by atoms with E-state index in [1.54, 1.807) is 40.3 Å². The first-order valence-corrected chi connectivity index (χ1v) is 8.69. The van der Waals surface area contributed by atoms with Gasteiger partial charge < -0.3 is 0 Å². The van der Waals surface area contributed by atoms with Gasteiger partial charge >= 0.3 is 0 Å². The Morgan fingerprint density at radius 2 is 1.73 bits per heavy atom. The number of nitro groups is 1. The van der Waals surface area contributed by atoms with Gasteiger partial charge in [0.15, 0.2) is 0 Å². The predicted octanol–water partition coefficient (Wildman–Crippen LogP) is 5.32. The number of rotatable bonds is 4. The molecule has 26 heavy (non-hydrogen) atoms. The minimum Gasteiger partial charge on any atom is -0.258 e. The number of benzene rings is 2. The Kier molecular flexibility index (Phi) is 4.06. The van der Waals surface area contributed by atoms with Crippen LogP contribution in [0.15, 0.2) is 71.6 Å². The first-order chi connectivity index (χ1) is 12.6. The Morgan fingerprint density at radius 3 is 2.35 bits per heavy atom. The van der Waals surface area contributed by atoms with Crippen LogP contribution in [0.4, 0.5) is 10.1 Å². The summed E-state index contributed by atoms with van der Waals surface area (Å²) >= 11 is 1.58. The monoisotopic (exact) mass is 365 g/mol. The molecule has 2 heterocycles. The third-order valence-corrected chi connectivity index (χ3v) is 4.67. The maximum absolute atomic E-state index is 13.3. The van der Waals surface area contributed by atoms with Crippen molar-refractivity contribution in [1.82, 2.24) is 9.78 Å². The van der Waals surface area contributed by atoms with E-state index in [9.17, 15) is 14.5 Å². The third-order valence-electron chi connectivity index (χ3n) is 3.99. The van der Waals surface area contributed by atoms with Gasteiger partial charge in [-0.2, -0.15) is 16.4 Å². The molecule has 128 valence electrons. The van der Waals surface area contributed by atoms with Crippen LogP contribution in [0.3, 0.4) is 0 Å². The number of nitrogens with zero attached hydrogens (tertiary/aromatic N) is 3. The van der Waals surface area contributed by atoms with Crippen molar-refractivity contribution in [2.75, 3.05) is 0 Å². The second-order valence-corrected chi connectivity index (χ2v) is 6.41. The van der Waals surface area contributed by atoms with E-state index in [-0.39, 0.29) is 11.5 Å². The third kappa shape index (κ3) is 3.00. The van der Waals surface area contributed by atoms with Gasteiger partial charge in [-0.15, -0.1) is 0 Å². The Bertz CT molecular complexity index is 1060. The molecule has 0 saturated heterocycles.